The highest BCUT2D eigenvalue weighted by Crippen LogP contribution is 2.29. The van der Waals surface area contributed by atoms with Crippen LogP contribution in [-0.4, -0.2) is 46.9 Å². The molecule has 1 atom stereocenters. The Balaban J connectivity index is 1.28. The van der Waals surface area contributed by atoms with Gasteiger partial charge in [-0.1, -0.05) is 29.8 Å². The highest BCUT2D eigenvalue weighted by Gasteiger charge is 2.35. The topological polar surface area (TPSA) is 74.3 Å². The molecule has 142 valence electrons. The lowest BCUT2D eigenvalue weighted by Gasteiger charge is -2.15. The normalized spacial score (nSPS) is 19.8. The SMILES string of the molecule is O=C(Nc1ncc(Cc2ccccc2Cl)s1)C(=O)N[C@@H]1CCN(C2CC2)C1. The molecule has 0 unspecified atom stereocenters. The second-order valence-electron chi connectivity index (χ2n) is 7.04. The first-order valence-corrected chi connectivity index (χ1v) is 10.3. The number of anilines is 1. The average Bonchev–Trinajstić information content (AvgIpc) is 3.25. The molecule has 0 bridgehead atoms. The number of nitrogens with zero attached hydrogens (tertiary/aromatic N) is 2. The van der Waals surface area contributed by atoms with Gasteiger partial charge in [0, 0.05) is 47.7 Å². The molecular formula is C19H21ClN4O2S. The highest BCUT2D eigenvalue weighted by atomic mass is 35.5. The van der Waals surface area contributed by atoms with Gasteiger partial charge in [0.25, 0.3) is 0 Å². The second-order valence-corrected chi connectivity index (χ2v) is 8.56. The van der Waals surface area contributed by atoms with Crippen LogP contribution in [0.25, 0.3) is 0 Å². The van der Waals surface area contributed by atoms with Gasteiger partial charge in [-0.3, -0.25) is 19.8 Å². The van der Waals surface area contributed by atoms with Crippen LogP contribution in [0.15, 0.2) is 30.5 Å². The lowest BCUT2D eigenvalue weighted by atomic mass is 10.1. The van der Waals surface area contributed by atoms with Gasteiger partial charge in [-0.15, -0.1) is 11.3 Å². The quantitative estimate of drug-likeness (QED) is 0.751. The predicted molar refractivity (Wildman–Crippen MR) is 106 cm³/mol. The zero-order valence-electron chi connectivity index (χ0n) is 14.8. The maximum absolute atomic E-state index is 12.2. The maximum atomic E-state index is 12.2. The van der Waals surface area contributed by atoms with Gasteiger partial charge in [-0.25, -0.2) is 4.98 Å². The van der Waals surface area contributed by atoms with Crippen molar-refractivity contribution in [3.63, 3.8) is 0 Å². The Morgan fingerprint density at radius 2 is 2.04 bits per heavy atom. The molecule has 2 aromatic rings. The lowest BCUT2D eigenvalue weighted by molar-refractivity contribution is -0.136. The number of carbonyl (C=O) groups excluding carboxylic acids is 2. The zero-order chi connectivity index (χ0) is 18.8. The van der Waals surface area contributed by atoms with E-state index in [0.29, 0.717) is 22.6 Å². The molecule has 1 aromatic heterocycles. The number of aromatic nitrogens is 1. The summed E-state index contributed by atoms with van der Waals surface area (Å²) in [5.41, 5.74) is 1.000. The molecule has 27 heavy (non-hydrogen) atoms. The van der Waals surface area contributed by atoms with Crippen molar-refractivity contribution < 1.29 is 9.59 Å². The van der Waals surface area contributed by atoms with Gasteiger partial charge in [-0.2, -0.15) is 0 Å². The third-order valence-electron chi connectivity index (χ3n) is 4.92. The van der Waals surface area contributed by atoms with Gasteiger partial charge in [0.15, 0.2) is 5.13 Å². The molecule has 0 radical (unpaired) electrons. The number of rotatable bonds is 5. The van der Waals surface area contributed by atoms with E-state index in [-0.39, 0.29) is 6.04 Å². The largest absolute Gasteiger partial charge is 0.344 e. The molecule has 1 aromatic carbocycles. The van der Waals surface area contributed by atoms with Crippen molar-refractivity contribution in [3.05, 3.63) is 45.9 Å². The second kappa shape index (κ2) is 7.96. The number of nitrogens with one attached hydrogen (secondary N) is 2. The lowest BCUT2D eigenvalue weighted by Crippen LogP contribution is -2.43. The van der Waals surface area contributed by atoms with Crippen molar-refractivity contribution in [1.29, 1.82) is 0 Å². The van der Waals surface area contributed by atoms with Crippen LogP contribution in [0.2, 0.25) is 5.02 Å². The van der Waals surface area contributed by atoms with E-state index in [0.717, 1.165) is 30.0 Å². The van der Waals surface area contributed by atoms with Crippen LogP contribution in [0.5, 0.6) is 0 Å². The van der Waals surface area contributed by atoms with Crippen molar-refractivity contribution in [1.82, 2.24) is 15.2 Å². The number of carbonyl (C=O) groups is 2. The summed E-state index contributed by atoms with van der Waals surface area (Å²) < 4.78 is 0. The van der Waals surface area contributed by atoms with Gasteiger partial charge in [0.05, 0.1) is 0 Å². The summed E-state index contributed by atoms with van der Waals surface area (Å²) in [6, 6.07) is 8.36. The predicted octanol–water partition coefficient (Wildman–Crippen LogP) is 2.68. The Morgan fingerprint density at radius 3 is 2.81 bits per heavy atom. The number of benzene rings is 1. The Morgan fingerprint density at radius 1 is 1.22 bits per heavy atom. The van der Waals surface area contributed by atoms with Crippen LogP contribution < -0.4 is 10.6 Å². The van der Waals surface area contributed by atoms with E-state index in [1.54, 1.807) is 6.20 Å². The number of thiazole rings is 1. The van der Waals surface area contributed by atoms with Crippen LogP contribution >= 0.6 is 22.9 Å². The molecule has 1 saturated carbocycles. The smallest absolute Gasteiger partial charge is 0.315 e. The van der Waals surface area contributed by atoms with Crippen LogP contribution in [0.3, 0.4) is 0 Å². The molecule has 1 saturated heterocycles. The van der Waals surface area contributed by atoms with Crippen molar-refractivity contribution in [3.8, 4) is 0 Å². The van der Waals surface area contributed by atoms with E-state index in [1.807, 2.05) is 24.3 Å². The van der Waals surface area contributed by atoms with Gasteiger partial charge in [-0.05, 0) is 30.9 Å². The summed E-state index contributed by atoms with van der Waals surface area (Å²) in [5, 5.41) is 6.55. The number of likely N-dealkylation sites (tertiary alicyclic amines) is 1. The third-order valence-corrected chi connectivity index (χ3v) is 6.20. The fourth-order valence-corrected chi connectivity index (χ4v) is 4.39. The van der Waals surface area contributed by atoms with Crippen molar-refractivity contribution in [2.45, 2.75) is 37.8 Å². The summed E-state index contributed by atoms with van der Waals surface area (Å²) in [4.78, 5) is 31.9. The van der Waals surface area contributed by atoms with E-state index >= 15 is 0 Å². The molecule has 1 aliphatic heterocycles. The van der Waals surface area contributed by atoms with Gasteiger partial charge < -0.3 is 5.32 Å². The highest BCUT2D eigenvalue weighted by molar-refractivity contribution is 7.15. The Hall–Kier alpha value is -1.96. The van der Waals surface area contributed by atoms with Crippen LogP contribution in [0, 0.1) is 0 Å². The monoisotopic (exact) mass is 404 g/mol. The molecule has 8 heteroatoms. The number of hydrogen-bond donors (Lipinski definition) is 2. The fraction of sp³-hybridized carbons (Fsp3) is 0.421. The number of halogens is 1. The van der Waals surface area contributed by atoms with Crippen molar-refractivity contribution in [2.75, 3.05) is 18.4 Å². The van der Waals surface area contributed by atoms with E-state index in [1.165, 1.54) is 24.2 Å². The molecule has 6 nitrogen and oxygen atoms in total. The molecule has 0 spiro atoms. The molecule has 2 heterocycles. The summed E-state index contributed by atoms with van der Waals surface area (Å²) in [7, 11) is 0. The molecule has 2 aliphatic rings. The number of amides is 2. The van der Waals surface area contributed by atoms with Crippen molar-refractivity contribution in [2.24, 2.45) is 0 Å². The summed E-state index contributed by atoms with van der Waals surface area (Å²) >= 11 is 7.53. The third kappa shape index (κ3) is 4.66. The van der Waals surface area contributed by atoms with Crippen LogP contribution in [-0.2, 0) is 16.0 Å². The summed E-state index contributed by atoms with van der Waals surface area (Å²) in [6.07, 6.45) is 5.74. The molecule has 2 N–H and O–H groups in total. The van der Waals surface area contributed by atoms with Gasteiger partial charge in [0.1, 0.15) is 0 Å². The minimum Gasteiger partial charge on any atom is -0.344 e. The van der Waals surface area contributed by atoms with Crippen LogP contribution in [0.1, 0.15) is 29.7 Å². The van der Waals surface area contributed by atoms with Gasteiger partial charge in [0.2, 0.25) is 0 Å². The minimum absolute atomic E-state index is 0.0518. The first-order chi connectivity index (χ1) is 13.1. The Kier molecular flexibility index (Phi) is 5.43. The molecule has 2 amide bonds. The number of hydrogen-bond acceptors (Lipinski definition) is 5. The average molecular weight is 405 g/mol. The van der Waals surface area contributed by atoms with E-state index in [4.69, 9.17) is 11.6 Å². The summed E-state index contributed by atoms with van der Waals surface area (Å²) in [6.45, 7) is 1.83. The van der Waals surface area contributed by atoms with Crippen LogP contribution in [0.4, 0.5) is 5.13 Å². The zero-order valence-corrected chi connectivity index (χ0v) is 16.4. The van der Waals surface area contributed by atoms with Gasteiger partial charge >= 0.3 is 11.8 Å². The summed E-state index contributed by atoms with van der Waals surface area (Å²) in [5.74, 6) is -1.26. The Bertz CT molecular complexity index is 852. The standard InChI is InChI=1S/C19H21ClN4O2S/c20-16-4-2-1-3-12(16)9-15-10-21-19(27-15)23-18(26)17(25)22-13-7-8-24(11-13)14-5-6-14/h1-4,10,13-14H,5-9,11H2,(H,22,25)(H,21,23,26)/t13-/m1/s1. The maximum Gasteiger partial charge on any atom is 0.315 e. The van der Waals surface area contributed by atoms with Crippen molar-refractivity contribution >= 4 is 39.9 Å². The van der Waals surface area contributed by atoms with E-state index in [9.17, 15) is 9.59 Å². The van der Waals surface area contributed by atoms with E-state index < -0.39 is 11.8 Å². The van der Waals surface area contributed by atoms with E-state index in [2.05, 4.69) is 20.5 Å². The molecule has 1 aliphatic carbocycles. The minimum atomic E-state index is -0.668. The fourth-order valence-electron chi connectivity index (χ4n) is 3.36. The first kappa shape index (κ1) is 18.4. The Labute approximate surface area is 166 Å². The molecular weight excluding hydrogens is 384 g/mol. The molecule has 4 rings (SSSR count). The first-order valence-electron chi connectivity index (χ1n) is 9.12. The molecule has 2 fully saturated rings.